The van der Waals surface area contributed by atoms with E-state index < -0.39 is 0 Å². The minimum atomic E-state index is -0.300. The summed E-state index contributed by atoms with van der Waals surface area (Å²) in [7, 11) is 1.95. The minimum absolute atomic E-state index is 0.238. The van der Waals surface area contributed by atoms with Gasteiger partial charge >= 0.3 is 6.09 Å². The van der Waals surface area contributed by atoms with Crippen LogP contribution in [0.25, 0.3) is 0 Å². The number of likely N-dealkylation sites (tertiary alicyclic amines) is 1. The zero-order chi connectivity index (χ0) is 16.4. The number of H-pyrrole nitrogens is 1. The van der Waals surface area contributed by atoms with Crippen LogP contribution in [0.5, 0.6) is 0 Å². The summed E-state index contributed by atoms with van der Waals surface area (Å²) in [5.74, 6) is 1.08. The van der Waals surface area contributed by atoms with Crippen LogP contribution in [-0.2, 0) is 4.74 Å². The number of thiophene rings is 1. The summed E-state index contributed by atoms with van der Waals surface area (Å²) in [5.41, 5.74) is 1.02. The largest absolute Gasteiger partial charge is 0.445 e. The van der Waals surface area contributed by atoms with E-state index in [1.54, 1.807) is 11.0 Å². The standard InChI is InChI=1S/C15H17ClN4O2S/c1-3-6-22-15(21)20-8-10(9-20)11-7-13(18-17-11)19(2)14-5-4-12(16)23-14/h3-5,7,10H,1,6,8-9H2,2H3,(H,17,18). The van der Waals surface area contributed by atoms with Crippen molar-refractivity contribution in [3.63, 3.8) is 0 Å². The molecule has 1 aliphatic rings. The fourth-order valence-electron chi connectivity index (χ4n) is 2.35. The number of rotatable bonds is 5. The zero-order valence-corrected chi connectivity index (χ0v) is 14.2. The van der Waals surface area contributed by atoms with Crippen molar-refractivity contribution in [1.29, 1.82) is 0 Å². The molecule has 1 fully saturated rings. The van der Waals surface area contributed by atoms with Gasteiger partial charge in [-0.05, 0) is 12.1 Å². The number of carbonyl (C=O) groups excluding carboxylic acids is 1. The van der Waals surface area contributed by atoms with Crippen LogP contribution in [-0.4, -0.2) is 47.9 Å². The molecule has 1 aliphatic heterocycles. The van der Waals surface area contributed by atoms with Gasteiger partial charge in [0.15, 0.2) is 5.82 Å². The number of halogens is 1. The predicted octanol–water partition coefficient (Wildman–Crippen LogP) is 3.61. The zero-order valence-electron chi connectivity index (χ0n) is 12.7. The first-order chi connectivity index (χ1) is 11.1. The van der Waals surface area contributed by atoms with Gasteiger partial charge in [-0.2, -0.15) is 5.10 Å². The summed E-state index contributed by atoms with van der Waals surface area (Å²) in [6.07, 6.45) is 1.26. The number of amides is 1. The third-order valence-electron chi connectivity index (χ3n) is 3.72. The number of nitrogens with zero attached hydrogens (tertiary/aromatic N) is 3. The topological polar surface area (TPSA) is 61.5 Å². The first kappa shape index (κ1) is 15.9. The van der Waals surface area contributed by atoms with E-state index in [0.717, 1.165) is 20.8 Å². The maximum atomic E-state index is 11.7. The molecule has 0 spiro atoms. The molecule has 0 radical (unpaired) electrons. The van der Waals surface area contributed by atoms with Crippen molar-refractivity contribution in [3.05, 3.63) is 40.9 Å². The Morgan fingerprint density at radius 3 is 3.09 bits per heavy atom. The molecule has 3 rings (SSSR count). The molecule has 8 heteroatoms. The van der Waals surface area contributed by atoms with Crippen molar-refractivity contribution in [2.75, 3.05) is 31.6 Å². The second-order valence-corrected chi connectivity index (χ2v) is 6.98. The summed E-state index contributed by atoms with van der Waals surface area (Å²) >= 11 is 7.47. The molecule has 23 heavy (non-hydrogen) atoms. The second-order valence-electron chi connectivity index (χ2n) is 5.29. The van der Waals surface area contributed by atoms with E-state index in [2.05, 4.69) is 16.8 Å². The first-order valence-corrected chi connectivity index (χ1v) is 8.35. The van der Waals surface area contributed by atoms with Gasteiger partial charge in [-0.1, -0.05) is 24.3 Å². The molecule has 122 valence electrons. The van der Waals surface area contributed by atoms with E-state index >= 15 is 0 Å². The van der Waals surface area contributed by atoms with Crippen molar-refractivity contribution in [3.8, 4) is 0 Å². The highest BCUT2D eigenvalue weighted by Gasteiger charge is 2.34. The van der Waals surface area contributed by atoms with E-state index in [0.29, 0.717) is 13.1 Å². The smallest absolute Gasteiger partial charge is 0.410 e. The van der Waals surface area contributed by atoms with Crippen LogP contribution in [0.1, 0.15) is 11.6 Å². The van der Waals surface area contributed by atoms with Gasteiger partial charge < -0.3 is 14.5 Å². The fourth-order valence-corrected chi connectivity index (χ4v) is 3.35. The van der Waals surface area contributed by atoms with Crippen molar-refractivity contribution >= 4 is 39.8 Å². The first-order valence-electron chi connectivity index (χ1n) is 7.15. The Morgan fingerprint density at radius 1 is 1.65 bits per heavy atom. The van der Waals surface area contributed by atoms with E-state index in [-0.39, 0.29) is 18.6 Å². The van der Waals surface area contributed by atoms with Gasteiger partial charge in [0.05, 0.1) is 9.34 Å². The number of nitrogens with one attached hydrogen (secondary N) is 1. The maximum absolute atomic E-state index is 11.7. The Kier molecular flexibility index (Phi) is 4.58. The highest BCUT2D eigenvalue weighted by atomic mass is 35.5. The SMILES string of the molecule is C=CCOC(=O)N1CC(c2cc(N(C)c3ccc(Cl)s3)n[nH]2)C1. The summed E-state index contributed by atoms with van der Waals surface area (Å²) < 4.78 is 5.75. The molecule has 0 bridgehead atoms. The third-order valence-corrected chi connectivity index (χ3v) is 5.03. The van der Waals surface area contributed by atoms with Crippen LogP contribution >= 0.6 is 22.9 Å². The molecule has 0 aromatic carbocycles. The van der Waals surface area contributed by atoms with Crippen LogP contribution < -0.4 is 4.90 Å². The number of hydrogen-bond donors (Lipinski definition) is 1. The lowest BCUT2D eigenvalue weighted by Gasteiger charge is -2.37. The van der Waals surface area contributed by atoms with E-state index in [1.165, 1.54) is 11.3 Å². The molecule has 0 saturated carbocycles. The van der Waals surface area contributed by atoms with E-state index in [1.807, 2.05) is 30.1 Å². The minimum Gasteiger partial charge on any atom is -0.445 e. The molecule has 0 aliphatic carbocycles. The third kappa shape index (κ3) is 3.35. The highest BCUT2D eigenvalue weighted by molar-refractivity contribution is 7.20. The number of anilines is 2. The number of hydrogen-bond acceptors (Lipinski definition) is 5. The molecular formula is C15H17ClN4O2S. The Balaban J connectivity index is 1.58. The summed E-state index contributed by atoms with van der Waals surface area (Å²) in [4.78, 5) is 15.3. The lowest BCUT2D eigenvalue weighted by atomic mass is 9.97. The van der Waals surface area contributed by atoms with Crippen LogP contribution in [0.2, 0.25) is 4.34 Å². The van der Waals surface area contributed by atoms with Gasteiger partial charge in [0, 0.05) is 37.8 Å². The van der Waals surface area contributed by atoms with Crippen LogP contribution in [0.4, 0.5) is 15.6 Å². The maximum Gasteiger partial charge on any atom is 0.410 e. The van der Waals surface area contributed by atoms with Crippen LogP contribution in [0, 0.1) is 0 Å². The Labute approximate surface area is 143 Å². The Bertz CT molecular complexity index is 708. The van der Waals surface area contributed by atoms with Gasteiger partial charge in [0.25, 0.3) is 0 Å². The number of carbonyl (C=O) groups is 1. The molecule has 2 aromatic rings. The van der Waals surface area contributed by atoms with Crippen LogP contribution in [0.15, 0.2) is 30.9 Å². The van der Waals surface area contributed by atoms with Crippen molar-refractivity contribution in [2.24, 2.45) is 0 Å². The second kappa shape index (κ2) is 6.64. The van der Waals surface area contributed by atoms with E-state index in [9.17, 15) is 4.79 Å². The molecule has 6 nitrogen and oxygen atoms in total. The molecule has 2 aromatic heterocycles. The van der Waals surface area contributed by atoms with Crippen molar-refractivity contribution < 1.29 is 9.53 Å². The van der Waals surface area contributed by atoms with Crippen molar-refractivity contribution in [1.82, 2.24) is 15.1 Å². The van der Waals surface area contributed by atoms with Gasteiger partial charge in [-0.25, -0.2) is 4.79 Å². The normalized spacial score (nSPS) is 14.4. The quantitative estimate of drug-likeness (QED) is 0.835. The lowest BCUT2D eigenvalue weighted by Crippen LogP contribution is -2.48. The Morgan fingerprint density at radius 2 is 2.43 bits per heavy atom. The molecule has 1 saturated heterocycles. The summed E-state index contributed by atoms with van der Waals surface area (Å²) in [5, 5.41) is 8.42. The number of ether oxygens (including phenoxy) is 1. The molecule has 3 heterocycles. The highest BCUT2D eigenvalue weighted by Crippen LogP contribution is 2.34. The predicted molar refractivity (Wildman–Crippen MR) is 91.8 cm³/mol. The molecular weight excluding hydrogens is 336 g/mol. The van der Waals surface area contributed by atoms with Crippen molar-refractivity contribution in [2.45, 2.75) is 5.92 Å². The number of aromatic nitrogens is 2. The van der Waals surface area contributed by atoms with Gasteiger partial charge in [0.2, 0.25) is 0 Å². The summed E-state index contributed by atoms with van der Waals surface area (Å²) in [6, 6.07) is 5.83. The average Bonchev–Trinajstić information content (AvgIpc) is 3.12. The van der Waals surface area contributed by atoms with Gasteiger partial charge in [0.1, 0.15) is 6.61 Å². The van der Waals surface area contributed by atoms with Gasteiger partial charge in [-0.15, -0.1) is 11.3 Å². The number of aromatic amines is 1. The van der Waals surface area contributed by atoms with E-state index in [4.69, 9.17) is 16.3 Å². The monoisotopic (exact) mass is 352 g/mol. The Hall–Kier alpha value is -1.99. The van der Waals surface area contributed by atoms with Gasteiger partial charge in [-0.3, -0.25) is 5.10 Å². The molecule has 0 atom stereocenters. The molecule has 1 amide bonds. The lowest BCUT2D eigenvalue weighted by molar-refractivity contribution is 0.0784. The average molecular weight is 353 g/mol. The molecule has 0 unspecified atom stereocenters. The van der Waals surface area contributed by atoms with Crippen LogP contribution in [0.3, 0.4) is 0 Å². The molecule has 1 N–H and O–H groups in total. The fraction of sp³-hybridized carbons (Fsp3) is 0.333. The summed E-state index contributed by atoms with van der Waals surface area (Å²) in [6.45, 7) is 5.02.